The van der Waals surface area contributed by atoms with E-state index in [0.29, 0.717) is 0 Å². The Kier molecular flexibility index (Phi) is 4.44. The van der Waals surface area contributed by atoms with Gasteiger partial charge in [0.2, 0.25) is 0 Å². The van der Waals surface area contributed by atoms with E-state index in [4.69, 9.17) is 11.6 Å². The molecule has 0 saturated heterocycles. The van der Waals surface area contributed by atoms with Gasteiger partial charge in [-0.2, -0.15) is 0 Å². The Balaban J connectivity index is 2.34. The third-order valence-corrected chi connectivity index (χ3v) is 5.91. The summed E-state index contributed by atoms with van der Waals surface area (Å²) in [5.74, 6) is 0. The Morgan fingerprint density at radius 1 is 1.16 bits per heavy atom. The topological polar surface area (TPSA) is 0 Å². The van der Waals surface area contributed by atoms with Crippen LogP contribution in [0.4, 0.5) is 0 Å². The standard InChI is InChI=1S/C16H18BrClS/c1-10-5-6-11(12(17)9-10)15(18)13-7-8-14(19-13)16(2,3)4/h5-9,15H,1-4H3. The van der Waals surface area contributed by atoms with E-state index in [2.05, 4.69) is 74.0 Å². The molecule has 1 unspecified atom stereocenters. The van der Waals surface area contributed by atoms with E-state index < -0.39 is 0 Å². The van der Waals surface area contributed by atoms with Gasteiger partial charge < -0.3 is 0 Å². The summed E-state index contributed by atoms with van der Waals surface area (Å²) in [5.41, 5.74) is 2.56. The fraction of sp³-hybridized carbons (Fsp3) is 0.375. The molecule has 0 fully saturated rings. The maximum Gasteiger partial charge on any atom is 0.0938 e. The van der Waals surface area contributed by atoms with E-state index in [-0.39, 0.29) is 10.8 Å². The van der Waals surface area contributed by atoms with Gasteiger partial charge in [0.05, 0.1) is 5.38 Å². The van der Waals surface area contributed by atoms with Gasteiger partial charge in [-0.15, -0.1) is 22.9 Å². The lowest BCUT2D eigenvalue weighted by molar-refractivity contribution is 0.604. The molecular weight excluding hydrogens is 340 g/mol. The molecule has 1 atom stereocenters. The number of hydrogen-bond acceptors (Lipinski definition) is 1. The molecule has 0 nitrogen and oxygen atoms in total. The molecule has 1 aromatic heterocycles. The molecule has 1 aromatic carbocycles. The summed E-state index contributed by atoms with van der Waals surface area (Å²) in [6, 6.07) is 10.7. The second kappa shape index (κ2) is 5.59. The number of benzene rings is 1. The largest absolute Gasteiger partial charge is 0.143 e. The minimum atomic E-state index is -0.0870. The first kappa shape index (κ1) is 15.1. The summed E-state index contributed by atoms with van der Waals surface area (Å²) >= 11 is 12.0. The van der Waals surface area contributed by atoms with Crippen molar-refractivity contribution in [3.8, 4) is 0 Å². The Hall–Kier alpha value is -0.310. The van der Waals surface area contributed by atoms with E-state index >= 15 is 0 Å². The minimum Gasteiger partial charge on any atom is -0.143 e. The molecule has 0 aliphatic carbocycles. The van der Waals surface area contributed by atoms with Crippen molar-refractivity contribution in [3.63, 3.8) is 0 Å². The molecule has 0 spiro atoms. The second-order valence-electron chi connectivity index (χ2n) is 5.84. The molecule has 0 saturated carbocycles. The molecular formula is C16H18BrClS. The zero-order chi connectivity index (χ0) is 14.2. The summed E-state index contributed by atoms with van der Waals surface area (Å²) in [7, 11) is 0. The molecule has 0 radical (unpaired) electrons. The van der Waals surface area contributed by atoms with Crippen LogP contribution in [0, 0.1) is 6.92 Å². The van der Waals surface area contributed by atoms with Gasteiger partial charge in [-0.1, -0.05) is 48.8 Å². The van der Waals surface area contributed by atoms with E-state index in [0.717, 1.165) is 10.0 Å². The van der Waals surface area contributed by atoms with Crippen LogP contribution in [0.3, 0.4) is 0 Å². The third kappa shape index (κ3) is 3.42. The highest BCUT2D eigenvalue weighted by Gasteiger charge is 2.20. The number of halogens is 2. The molecule has 19 heavy (non-hydrogen) atoms. The monoisotopic (exact) mass is 356 g/mol. The molecule has 0 aliphatic rings. The molecule has 3 heteroatoms. The summed E-state index contributed by atoms with van der Waals surface area (Å²) in [5, 5.41) is -0.0870. The highest BCUT2D eigenvalue weighted by molar-refractivity contribution is 9.10. The van der Waals surface area contributed by atoms with Gasteiger partial charge in [-0.3, -0.25) is 0 Å². The number of rotatable bonds is 2. The summed E-state index contributed by atoms with van der Waals surface area (Å²) in [4.78, 5) is 2.58. The van der Waals surface area contributed by atoms with Crippen molar-refractivity contribution in [2.45, 2.75) is 38.5 Å². The Morgan fingerprint density at radius 2 is 1.84 bits per heavy atom. The lowest BCUT2D eigenvalue weighted by atomic mass is 9.95. The lowest BCUT2D eigenvalue weighted by Gasteiger charge is -2.16. The Labute approximate surface area is 132 Å². The van der Waals surface area contributed by atoms with Crippen molar-refractivity contribution in [2.24, 2.45) is 0 Å². The quantitative estimate of drug-likeness (QED) is 0.542. The van der Waals surface area contributed by atoms with Crippen LogP contribution in [0.1, 0.15) is 47.0 Å². The second-order valence-corrected chi connectivity index (χ2v) is 8.25. The van der Waals surface area contributed by atoms with E-state index in [1.807, 2.05) is 0 Å². The van der Waals surface area contributed by atoms with Crippen molar-refractivity contribution < 1.29 is 0 Å². The van der Waals surface area contributed by atoms with Crippen molar-refractivity contribution in [3.05, 3.63) is 55.7 Å². The average molecular weight is 358 g/mol. The predicted octanol–water partition coefficient (Wildman–Crippen LogP) is 6.44. The number of aryl methyl sites for hydroxylation is 1. The van der Waals surface area contributed by atoms with Gasteiger partial charge in [0, 0.05) is 14.2 Å². The van der Waals surface area contributed by atoms with E-state index in [1.165, 1.54) is 15.3 Å². The molecule has 0 amide bonds. The zero-order valence-corrected chi connectivity index (χ0v) is 14.8. The van der Waals surface area contributed by atoms with Crippen LogP contribution in [-0.4, -0.2) is 0 Å². The zero-order valence-electron chi connectivity index (χ0n) is 11.6. The van der Waals surface area contributed by atoms with Crippen LogP contribution < -0.4 is 0 Å². The smallest absolute Gasteiger partial charge is 0.0938 e. The van der Waals surface area contributed by atoms with Gasteiger partial charge in [-0.25, -0.2) is 0 Å². The molecule has 0 bridgehead atoms. The normalized spacial score (nSPS) is 13.6. The fourth-order valence-corrected chi connectivity index (χ4v) is 4.20. The summed E-state index contributed by atoms with van der Waals surface area (Å²) in [6.07, 6.45) is 0. The van der Waals surface area contributed by atoms with Crippen molar-refractivity contribution in [1.29, 1.82) is 0 Å². The van der Waals surface area contributed by atoms with Gasteiger partial charge in [0.25, 0.3) is 0 Å². The van der Waals surface area contributed by atoms with Crippen LogP contribution in [-0.2, 0) is 5.41 Å². The SMILES string of the molecule is Cc1ccc(C(Cl)c2ccc(C(C)(C)C)s2)c(Br)c1. The van der Waals surface area contributed by atoms with Gasteiger partial charge in [-0.05, 0) is 41.7 Å². The fourth-order valence-electron chi connectivity index (χ4n) is 1.88. The van der Waals surface area contributed by atoms with Crippen molar-refractivity contribution in [2.75, 3.05) is 0 Å². The number of hydrogen-bond donors (Lipinski definition) is 0. The van der Waals surface area contributed by atoms with Gasteiger partial charge in [0.1, 0.15) is 0 Å². The molecule has 0 N–H and O–H groups in total. The minimum absolute atomic E-state index is 0.0870. The van der Waals surface area contributed by atoms with Crippen LogP contribution >= 0.6 is 38.9 Å². The Morgan fingerprint density at radius 3 is 2.37 bits per heavy atom. The first-order chi connectivity index (χ1) is 8.79. The van der Waals surface area contributed by atoms with Crippen LogP contribution in [0.2, 0.25) is 0 Å². The van der Waals surface area contributed by atoms with Crippen molar-refractivity contribution in [1.82, 2.24) is 0 Å². The van der Waals surface area contributed by atoms with Crippen LogP contribution in [0.25, 0.3) is 0 Å². The van der Waals surface area contributed by atoms with E-state index in [9.17, 15) is 0 Å². The summed E-state index contributed by atoms with van der Waals surface area (Å²) in [6.45, 7) is 8.77. The van der Waals surface area contributed by atoms with Gasteiger partial charge >= 0.3 is 0 Å². The van der Waals surface area contributed by atoms with E-state index in [1.54, 1.807) is 11.3 Å². The predicted molar refractivity (Wildman–Crippen MR) is 89.6 cm³/mol. The van der Waals surface area contributed by atoms with Crippen molar-refractivity contribution >= 4 is 38.9 Å². The van der Waals surface area contributed by atoms with Crippen LogP contribution in [0.5, 0.6) is 0 Å². The first-order valence-corrected chi connectivity index (χ1v) is 8.34. The lowest BCUT2D eigenvalue weighted by Crippen LogP contribution is -2.07. The maximum atomic E-state index is 6.63. The first-order valence-electron chi connectivity index (χ1n) is 6.29. The maximum absolute atomic E-state index is 6.63. The van der Waals surface area contributed by atoms with Crippen LogP contribution in [0.15, 0.2) is 34.8 Å². The highest BCUT2D eigenvalue weighted by Crippen LogP contribution is 2.40. The van der Waals surface area contributed by atoms with Gasteiger partial charge in [0.15, 0.2) is 0 Å². The average Bonchev–Trinajstić information content (AvgIpc) is 2.76. The Bertz CT molecular complexity index is 581. The molecule has 102 valence electrons. The third-order valence-electron chi connectivity index (χ3n) is 3.04. The molecule has 0 aliphatic heterocycles. The molecule has 1 heterocycles. The molecule has 2 aromatic rings. The number of thiophene rings is 1. The molecule has 2 rings (SSSR count). The number of alkyl halides is 1. The summed E-state index contributed by atoms with van der Waals surface area (Å²) < 4.78 is 1.08. The highest BCUT2D eigenvalue weighted by atomic mass is 79.9.